The maximum atomic E-state index is 15.7. The third-order valence-corrected chi connectivity index (χ3v) is 13.7. The second kappa shape index (κ2) is 13.1. The van der Waals surface area contributed by atoms with Crippen LogP contribution in [0.1, 0.15) is 143 Å². The summed E-state index contributed by atoms with van der Waals surface area (Å²) in [5, 5.41) is 13.7. The van der Waals surface area contributed by atoms with Crippen molar-refractivity contribution in [3.63, 3.8) is 0 Å². The molecule has 0 spiro atoms. The van der Waals surface area contributed by atoms with E-state index in [4.69, 9.17) is 0 Å². The van der Waals surface area contributed by atoms with Crippen molar-refractivity contribution in [2.45, 2.75) is 137 Å². The SMILES string of the molecule is CCC(CC)N1C(=O)C(c2cc3cc(C(C)(C)C)cc4ccc5cc(C(C)(C)C)cc2c5c43)=C(c2cc3cc(C(C)(C)C)cc4ccc5cc(C(C)(C)C)cc2c5c43)C1=O. The van der Waals surface area contributed by atoms with Crippen LogP contribution in [0.2, 0.25) is 0 Å². The maximum Gasteiger partial charge on any atom is 0.262 e. The summed E-state index contributed by atoms with van der Waals surface area (Å²) < 4.78 is 0. The number of amides is 2. The molecule has 3 nitrogen and oxygen atoms in total. The molecule has 306 valence electrons. The Morgan fingerprint density at radius 1 is 0.400 bits per heavy atom. The first-order valence-corrected chi connectivity index (χ1v) is 22.2. The molecule has 8 aromatic carbocycles. The molecule has 0 saturated carbocycles. The summed E-state index contributed by atoms with van der Waals surface area (Å²) in [6.45, 7) is 31.3. The van der Waals surface area contributed by atoms with Crippen molar-refractivity contribution in [3.8, 4) is 0 Å². The summed E-state index contributed by atoms with van der Waals surface area (Å²) >= 11 is 0. The molecule has 0 N–H and O–H groups in total. The zero-order valence-electron chi connectivity index (χ0n) is 38.3. The average molecular weight is 792 g/mol. The quantitative estimate of drug-likeness (QED) is 0.129. The summed E-state index contributed by atoms with van der Waals surface area (Å²) in [5.41, 5.74) is 7.15. The van der Waals surface area contributed by atoms with Crippen LogP contribution < -0.4 is 0 Å². The lowest BCUT2D eigenvalue weighted by atomic mass is 9.78. The van der Waals surface area contributed by atoms with E-state index in [0.717, 1.165) is 54.2 Å². The van der Waals surface area contributed by atoms with Crippen molar-refractivity contribution in [2.24, 2.45) is 0 Å². The molecule has 60 heavy (non-hydrogen) atoms. The fourth-order valence-electron chi connectivity index (χ4n) is 10.0. The first-order valence-electron chi connectivity index (χ1n) is 22.2. The van der Waals surface area contributed by atoms with Gasteiger partial charge in [-0.2, -0.15) is 0 Å². The van der Waals surface area contributed by atoms with Gasteiger partial charge in [0.1, 0.15) is 0 Å². The number of hydrogen-bond donors (Lipinski definition) is 0. The largest absolute Gasteiger partial charge is 0.271 e. The smallest absolute Gasteiger partial charge is 0.262 e. The van der Waals surface area contributed by atoms with Gasteiger partial charge in [0.25, 0.3) is 11.8 Å². The first kappa shape index (κ1) is 40.1. The van der Waals surface area contributed by atoms with Crippen molar-refractivity contribution in [3.05, 3.63) is 118 Å². The Balaban J connectivity index is 1.51. The van der Waals surface area contributed by atoms with Crippen LogP contribution in [0, 0.1) is 0 Å². The summed E-state index contributed by atoms with van der Waals surface area (Å²) in [7, 11) is 0. The van der Waals surface area contributed by atoms with E-state index in [9.17, 15) is 0 Å². The van der Waals surface area contributed by atoms with Crippen LogP contribution in [-0.2, 0) is 31.2 Å². The molecule has 9 rings (SSSR count). The van der Waals surface area contributed by atoms with Crippen LogP contribution in [-0.4, -0.2) is 22.8 Å². The Labute approximate surface area is 356 Å². The molecular weight excluding hydrogens is 731 g/mol. The Morgan fingerprint density at radius 2 is 0.683 bits per heavy atom. The highest BCUT2D eigenvalue weighted by Gasteiger charge is 2.44. The molecule has 1 heterocycles. The Hall–Kier alpha value is -5.28. The van der Waals surface area contributed by atoms with E-state index in [2.05, 4.69) is 182 Å². The van der Waals surface area contributed by atoms with E-state index in [-0.39, 0.29) is 39.5 Å². The summed E-state index contributed by atoms with van der Waals surface area (Å²) in [4.78, 5) is 33.0. The number of benzene rings is 8. The lowest BCUT2D eigenvalue weighted by molar-refractivity contribution is -0.138. The van der Waals surface area contributed by atoms with Crippen LogP contribution in [0.3, 0.4) is 0 Å². The van der Waals surface area contributed by atoms with Crippen molar-refractivity contribution in [1.29, 1.82) is 0 Å². The van der Waals surface area contributed by atoms with Gasteiger partial charge in [-0.15, -0.1) is 0 Å². The van der Waals surface area contributed by atoms with Gasteiger partial charge in [0.15, 0.2) is 0 Å². The number of carbonyl (C=O) groups excluding carboxylic acids is 2. The zero-order chi connectivity index (χ0) is 43.2. The minimum atomic E-state index is -0.223. The molecule has 8 aromatic rings. The fourth-order valence-corrected chi connectivity index (χ4v) is 10.0. The second-order valence-electron chi connectivity index (χ2n) is 22.0. The molecule has 1 aliphatic rings. The number of carbonyl (C=O) groups is 2. The van der Waals surface area contributed by atoms with E-state index in [1.165, 1.54) is 43.8 Å². The Bertz CT molecular complexity index is 2920. The van der Waals surface area contributed by atoms with Crippen LogP contribution in [0.15, 0.2) is 84.9 Å². The molecule has 0 unspecified atom stereocenters. The molecular formula is C57H61NO2. The summed E-state index contributed by atoms with van der Waals surface area (Å²) in [6.07, 6.45) is 1.38. The molecule has 0 fully saturated rings. The summed E-state index contributed by atoms with van der Waals surface area (Å²) in [5.74, 6) is -0.383. The molecule has 3 heteroatoms. The highest BCUT2D eigenvalue weighted by Crippen LogP contribution is 2.50. The van der Waals surface area contributed by atoms with E-state index in [1.807, 2.05) is 0 Å². The molecule has 0 saturated heterocycles. The van der Waals surface area contributed by atoms with Gasteiger partial charge in [0.2, 0.25) is 0 Å². The molecule has 0 radical (unpaired) electrons. The van der Waals surface area contributed by atoms with Crippen LogP contribution in [0.25, 0.3) is 75.8 Å². The van der Waals surface area contributed by atoms with Gasteiger partial charge in [-0.05, 0) is 157 Å². The Morgan fingerprint density at radius 3 is 0.983 bits per heavy atom. The zero-order valence-corrected chi connectivity index (χ0v) is 38.3. The molecule has 0 aliphatic carbocycles. The normalized spacial score (nSPS) is 15.1. The van der Waals surface area contributed by atoms with Crippen LogP contribution in [0.4, 0.5) is 0 Å². The van der Waals surface area contributed by atoms with Gasteiger partial charge >= 0.3 is 0 Å². The Kier molecular flexibility index (Phi) is 8.77. The molecule has 0 bridgehead atoms. The maximum absolute atomic E-state index is 15.7. The predicted molar refractivity (Wildman–Crippen MR) is 258 cm³/mol. The van der Waals surface area contributed by atoms with E-state index in [0.29, 0.717) is 24.0 Å². The van der Waals surface area contributed by atoms with Crippen molar-refractivity contribution in [2.75, 3.05) is 0 Å². The minimum Gasteiger partial charge on any atom is -0.271 e. The van der Waals surface area contributed by atoms with Gasteiger partial charge in [0, 0.05) is 6.04 Å². The average Bonchev–Trinajstić information content (AvgIpc) is 3.42. The van der Waals surface area contributed by atoms with Gasteiger partial charge in [0.05, 0.1) is 11.1 Å². The van der Waals surface area contributed by atoms with Gasteiger partial charge < -0.3 is 0 Å². The number of hydrogen-bond acceptors (Lipinski definition) is 2. The first-order chi connectivity index (χ1) is 28.0. The van der Waals surface area contributed by atoms with Gasteiger partial charge in [-0.1, -0.05) is 158 Å². The highest BCUT2D eigenvalue weighted by molar-refractivity contribution is 6.52. The van der Waals surface area contributed by atoms with Crippen molar-refractivity contribution in [1.82, 2.24) is 4.90 Å². The number of rotatable bonds is 5. The van der Waals surface area contributed by atoms with Crippen molar-refractivity contribution < 1.29 is 9.59 Å². The molecule has 0 atom stereocenters. The molecule has 1 aliphatic heterocycles. The highest BCUT2D eigenvalue weighted by atomic mass is 16.2. The monoisotopic (exact) mass is 791 g/mol. The standard InChI is InChI=1S/C57H61NO2/c1-15-41(16-2)58-52(59)50(42-27-35-25-37(54(3,4)5)21-31-17-19-33-23-39(56(9,10)11)29-44(42)48(33)46(31)35)51(53(58)60)43-28-36-26-38(55(6,7)8)22-32-18-20-34-24-40(57(12,13)14)30-45(43)49(34)47(32)36/h17-30,41H,15-16H2,1-14H3. The lowest BCUT2D eigenvalue weighted by Crippen LogP contribution is -2.40. The van der Waals surface area contributed by atoms with E-state index >= 15 is 9.59 Å². The third kappa shape index (κ3) is 6.05. The second-order valence-corrected chi connectivity index (χ2v) is 22.0. The summed E-state index contributed by atoms with van der Waals surface area (Å²) in [6, 6.07) is 31.9. The molecule has 0 aromatic heterocycles. The minimum absolute atomic E-state index is 0.0868. The predicted octanol–water partition coefficient (Wildman–Crippen LogP) is 15.1. The van der Waals surface area contributed by atoms with Gasteiger partial charge in [-0.25, -0.2) is 0 Å². The van der Waals surface area contributed by atoms with E-state index < -0.39 is 0 Å². The van der Waals surface area contributed by atoms with Crippen LogP contribution >= 0.6 is 0 Å². The topological polar surface area (TPSA) is 37.4 Å². The van der Waals surface area contributed by atoms with Gasteiger partial charge in [-0.3, -0.25) is 14.5 Å². The molecule has 2 amide bonds. The van der Waals surface area contributed by atoms with Crippen molar-refractivity contribution >= 4 is 87.6 Å². The lowest BCUT2D eigenvalue weighted by Gasteiger charge is -2.26. The number of nitrogens with zero attached hydrogens (tertiary/aromatic N) is 1. The fraction of sp³-hybridized carbons (Fsp3) is 0.368. The number of imide groups is 1. The van der Waals surface area contributed by atoms with E-state index in [1.54, 1.807) is 4.90 Å². The van der Waals surface area contributed by atoms with Crippen LogP contribution in [0.5, 0.6) is 0 Å². The third-order valence-electron chi connectivity index (χ3n) is 13.7.